The lowest BCUT2D eigenvalue weighted by Gasteiger charge is -2.20. The van der Waals surface area contributed by atoms with Crippen LogP contribution in [0.4, 0.5) is 5.69 Å². The van der Waals surface area contributed by atoms with Gasteiger partial charge in [-0.05, 0) is 49.1 Å². The molecular formula is C20H22N2O4S. The van der Waals surface area contributed by atoms with Crippen LogP contribution in [-0.2, 0) is 16.4 Å². The van der Waals surface area contributed by atoms with Gasteiger partial charge in [0.2, 0.25) is 10.0 Å². The van der Waals surface area contributed by atoms with Crippen molar-refractivity contribution >= 4 is 21.6 Å². The molecule has 0 saturated carbocycles. The average molecular weight is 386 g/mol. The highest BCUT2D eigenvalue weighted by atomic mass is 32.2. The number of nitrogens with zero attached hydrogens (tertiary/aromatic N) is 2. The highest BCUT2D eigenvalue weighted by Crippen LogP contribution is 2.32. The van der Waals surface area contributed by atoms with Gasteiger partial charge in [-0.15, -0.1) is 0 Å². The zero-order chi connectivity index (χ0) is 19.0. The summed E-state index contributed by atoms with van der Waals surface area (Å²) in [6.45, 7) is 1.60. The maximum absolute atomic E-state index is 13.1. The topological polar surface area (TPSA) is 66.9 Å². The molecule has 0 bridgehead atoms. The van der Waals surface area contributed by atoms with Crippen molar-refractivity contribution in [2.24, 2.45) is 0 Å². The van der Waals surface area contributed by atoms with E-state index in [1.807, 2.05) is 24.3 Å². The monoisotopic (exact) mass is 386 g/mol. The third kappa shape index (κ3) is 3.11. The van der Waals surface area contributed by atoms with E-state index in [9.17, 15) is 13.2 Å². The first-order valence-electron chi connectivity index (χ1n) is 9.10. The van der Waals surface area contributed by atoms with E-state index in [2.05, 4.69) is 0 Å². The van der Waals surface area contributed by atoms with E-state index in [1.165, 1.54) is 17.5 Å². The van der Waals surface area contributed by atoms with Crippen molar-refractivity contribution in [1.29, 1.82) is 0 Å². The lowest BCUT2D eigenvalue weighted by molar-refractivity contribution is 0.0989. The summed E-state index contributed by atoms with van der Waals surface area (Å²) in [5.41, 5.74) is 2.37. The maximum atomic E-state index is 13.1. The van der Waals surface area contributed by atoms with Crippen LogP contribution in [0.2, 0.25) is 0 Å². The quantitative estimate of drug-likeness (QED) is 0.810. The van der Waals surface area contributed by atoms with Crippen LogP contribution >= 0.6 is 0 Å². The van der Waals surface area contributed by atoms with Gasteiger partial charge in [-0.1, -0.05) is 18.2 Å². The molecule has 0 N–H and O–H groups in total. The molecule has 0 aliphatic carbocycles. The first kappa shape index (κ1) is 18.0. The van der Waals surface area contributed by atoms with E-state index >= 15 is 0 Å². The number of para-hydroxylation sites is 1. The zero-order valence-electron chi connectivity index (χ0n) is 15.2. The number of sulfonamides is 1. The van der Waals surface area contributed by atoms with Crippen molar-refractivity contribution in [2.75, 3.05) is 31.6 Å². The smallest absolute Gasteiger partial charge is 0.258 e. The van der Waals surface area contributed by atoms with E-state index in [4.69, 9.17) is 4.74 Å². The third-order valence-electron chi connectivity index (χ3n) is 5.23. The van der Waals surface area contributed by atoms with Crippen molar-refractivity contribution in [3.63, 3.8) is 0 Å². The second-order valence-corrected chi connectivity index (χ2v) is 8.72. The summed E-state index contributed by atoms with van der Waals surface area (Å²) < 4.78 is 32.8. The molecule has 2 aliphatic rings. The molecule has 1 amide bonds. The highest BCUT2D eigenvalue weighted by Gasteiger charge is 2.32. The van der Waals surface area contributed by atoms with E-state index in [-0.39, 0.29) is 16.6 Å². The first-order valence-corrected chi connectivity index (χ1v) is 10.5. The largest absolute Gasteiger partial charge is 0.495 e. The van der Waals surface area contributed by atoms with Crippen LogP contribution in [0.3, 0.4) is 0 Å². The number of carbonyl (C=O) groups is 1. The second-order valence-electron chi connectivity index (χ2n) is 6.81. The van der Waals surface area contributed by atoms with Gasteiger partial charge in [0.25, 0.3) is 5.91 Å². The maximum Gasteiger partial charge on any atom is 0.258 e. The van der Waals surface area contributed by atoms with Gasteiger partial charge in [0.1, 0.15) is 10.6 Å². The highest BCUT2D eigenvalue weighted by molar-refractivity contribution is 7.89. The Balaban J connectivity index is 1.72. The summed E-state index contributed by atoms with van der Waals surface area (Å²) in [6, 6.07) is 12.5. The van der Waals surface area contributed by atoms with E-state index in [0.717, 1.165) is 30.5 Å². The number of hydrogen-bond acceptors (Lipinski definition) is 4. The third-order valence-corrected chi connectivity index (χ3v) is 7.15. The fourth-order valence-electron chi connectivity index (χ4n) is 3.78. The fraction of sp³-hybridized carbons (Fsp3) is 0.350. The predicted molar refractivity (Wildman–Crippen MR) is 103 cm³/mol. The first-order chi connectivity index (χ1) is 13.0. The molecule has 2 aromatic rings. The lowest BCUT2D eigenvalue weighted by Crippen LogP contribution is -2.30. The molecule has 0 atom stereocenters. The molecule has 1 saturated heterocycles. The van der Waals surface area contributed by atoms with Gasteiger partial charge in [-0.25, -0.2) is 8.42 Å². The number of methoxy groups -OCH3 is 1. The van der Waals surface area contributed by atoms with Crippen LogP contribution in [0.1, 0.15) is 28.8 Å². The Kier molecular flexibility index (Phi) is 4.65. The summed E-state index contributed by atoms with van der Waals surface area (Å²) in [6.07, 6.45) is 2.51. The Hall–Kier alpha value is -2.38. The summed E-state index contributed by atoms with van der Waals surface area (Å²) in [5.74, 6) is 0.0701. The molecule has 2 aromatic carbocycles. The minimum atomic E-state index is -3.68. The van der Waals surface area contributed by atoms with Crippen LogP contribution in [0, 0.1) is 0 Å². The number of benzene rings is 2. The Morgan fingerprint density at radius 3 is 2.52 bits per heavy atom. The van der Waals surface area contributed by atoms with E-state index < -0.39 is 10.0 Å². The molecule has 7 heteroatoms. The summed E-state index contributed by atoms with van der Waals surface area (Å²) in [4.78, 5) is 14.9. The Morgan fingerprint density at radius 1 is 1.04 bits per heavy atom. The standard InChI is InChI=1S/C20H22N2O4S/c1-26-18-9-8-16(14-19(18)27(24,25)21-11-4-5-12-21)20(23)22-13-10-15-6-2-3-7-17(15)22/h2-3,6-9,14H,4-5,10-13H2,1H3. The molecule has 0 radical (unpaired) electrons. The Morgan fingerprint density at radius 2 is 1.78 bits per heavy atom. The van der Waals surface area contributed by atoms with Crippen LogP contribution in [0.5, 0.6) is 5.75 Å². The van der Waals surface area contributed by atoms with E-state index in [0.29, 0.717) is 25.2 Å². The summed E-state index contributed by atoms with van der Waals surface area (Å²) in [7, 11) is -2.24. The van der Waals surface area contributed by atoms with Gasteiger partial charge in [0, 0.05) is 30.9 Å². The molecule has 27 heavy (non-hydrogen) atoms. The van der Waals surface area contributed by atoms with Gasteiger partial charge < -0.3 is 9.64 Å². The van der Waals surface area contributed by atoms with Gasteiger partial charge in [-0.3, -0.25) is 4.79 Å². The van der Waals surface area contributed by atoms with Crippen molar-refractivity contribution in [1.82, 2.24) is 4.31 Å². The van der Waals surface area contributed by atoms with Gasteiger partial charge in [0.05, 0.1) is 7.11 Å². The van der Waals surface area contributed by atoms with Crippen LogP contribution in [0.15, 0.2) is 47.4 Å². The van der Waals surface area contributed by atoms with Gasteiger partial charge >= 0.3 is 0 Å². The fourth-order valence-corrected chi connectivity index (χ4v) is 5.48. The average Bonchev–Trinajstić information content (AvgIpc) is 3.37. The SMILES string of the molecule is COc1ccc(C(=O)N2CCc3ccccc32)cc1S(=O)(=O)N1CCCC1. The Labute approximate surface area is 159 Å². The van der Waals surface area contributed by atoms with Crippen molar-refractivity contribution in [3.8, 4) is 5.75 Å². The predicted octanol–water partition coefficient (Wildman–Crippen LogP) is 2.68. The lowest BCUT2D eigenvalue weighted by atomic mass is 10.1. The van der Waals surface area contributed by atoms with Crippen LogP contribution in [0.25, 0.3) is 0 Å². The molecule has 142 valence electrons. The number of amides is 1. The van der Waals surface area contributed by atoms with Gasteiger partial charge in [-0.2, -0.15) is 4.31 Å². The number of fused-ring (bicyclic) bond motifs is 1. The van der Waals surface area contributed by atoms with Crippen molar-refractivity contribution < 1.29 is 17.9 Å². The number of ether oxygens (including phenoxy) is 1. The molecule has 2 heterocycles. The summed E-state index contributed by atoms with van der Waals surface area (Å²) >= 11 is 0. The number of hydrogen-bond donors (Lipinski definition) is 0. The zero-order valence-corrected chi connectivity index (χ0v) is 16.0. The number of rotatable bonds is 4. The molecular weight excluding hydrogens is 364 g/mol. The Bertz CT molecular complexity index is 981. The van der Waals surface area contributed by atoms with E-state index in [1.54, 1.807) is 17.0 Å². The normalized spacial score (nSPS) is 17.1. The van der Waals surface area contributed by atoms with Crippen molar-refractivity contribution in [3.05, 3.63) is 53.6 Å². The van der Waals surface area contributed by atoms with Crippen LogP contribution < -0.4 is 9.64 Å². The minimum Gasteiger partial charge on any atom is -0.495 e. The minimum absolute atomic E-state index is 0.0604. The number of anilines is 1. The summed E-state index contributed by atoms with van der Waals surface area (Å²) in [5, 5.41) is 0. The molecule has 2 aliphatic heterocycles. The molecule has 0 spiro atoms. The second kappa shape index (κ2) is 6.98. The van der Waals surface area contributed by atoms with Crippen LogP contribution in [-0.4, -0.2) is 45.4 Å². The van der Waals surface area contributed by atoms with Gasteiger partial charge in [0.15, 0.2) is 0 Å². The molecule has 4 rings (SSSR count). The number of carbonyl (C=O) groups excluding carboxylic acids is 1. The molecule has 1 fully saturated rings. The molecule has 0 unspecified atom stereocenters. The molecule has 0 aromatic heterocycles. The van der Waals surface area contributed by atoms with Crippen molar-refractivity contribution in [2.45, 2.75) is 24.2 Å². The molecule has 6 nitrogen and oxygen atoms in total.